The van der Waals surface area contributed by atoms with Crippen molar-refractivity contribution in [2.75, 3.05) is 7.11 Å². The van der Waals surface area contributed by atoms with E-state index in [1.54, 1.807) is 0 Å². The van der Waals surface area contributed by atoms with E-state index in [2.05, 4.69) is 6.07 Å². The summed E-state index contributed by atoms with van der Waals surface area (Å²) in [5, 5.41) is 12.0. The van der Waals surface area contributed by atoms with Crippen LogP contribution in [-0.4, -0.2) is 18.9 Å². The van der Waals surface area contributed by atoms with Crippen molar-refractivity contribution in [3.8, 4) is 6.07 Å². The fourth-order valence-electron chi connectivity index (χ4n) is 3.35. The molecule has 2 unspecified atom stereocenters. The number of nitrogens with zero attached hydrogens (tertiary/aromatic N) is 1. The molecule has 1 aliphatic carbocycles. The van der Waals surface area contributed by atoms with Crippen molar-refractivity contribution in [1.29, 1.82) is 5.26 Å². The number of nitriles is 1. The fourth-order valence-corrected chi connectivity index (χ4v) is 3.35. The van der Waals surface area contributed by atoms with Crippen molar-refractivity contribution in [2.45, 2.75) is 24.7 Å². The summed E-state index contributed by atoms with van der Waals surface area (Å²) in [7, 11) is 1.27. The van der Waals surface area contributed by atoms with Crippen molar-refractivity contribution in [3.05, 3.63) is 48.0 Å². The van der Waals surface area contributed by atoms with Crippen molar-refractivity contribution >= 4 is 22.5 Å². The molecule has 2 aromatic carbocycles. The van der Waals surface area contributed by atoms with Crippen LogP contribution in [0.15, 0.2) is 42.5 Å². The minimum absolute atomic E-state index is 0.136. The molecule has 0 aromatic heterocycles. The number of fused-ring (bicyclic) bond motifs is 1. The Balaban J connectivity index is 2.04. The molecule has 0 saturated heterocycles. The molecule has 116 valence electrons. The predicted octanol–water partition coefficient (Wildman–Crippen LogP) is 3.14. The number of esters is 1. The molecule has 0 radical (unpaired) electrons. The van der Waals surface area contributed by atoms with E-state index in [9.17, 15) is 14.9 Å². The molecule has 3 rings (SSSR count). The van der Waals surface area contributed by atoms with Gasteiger partial charge in [-0.3, -0.25) is 9.59 Å². The third-order valence-electron chi connectivity index (χ3n) is 4.74. The Morgan fingerprint density at radius 1 is 1.26 bits per heavy atom. The predicted molar refractivity (Wildman–Crippen MR) is 85.6 cm³/mol. The van der Waals surface area contributed by atoms with Crippen LogP contribution in [0.5, 0.6) is 0 Å². The molecular formula is C19H17NO3. The van der Waals surface area contributed by atoms with Gasteiger partial charge in [-0.05, 0) is 35.2 Å². The van der Waals surface area contributed by atoms with Crippen LogP contribution in [0.25, 0.3) is 10.8 Å². The number of hydrogen-bond acceptors (Lipinski definition) is 4. The van der Waals surface area contributed by atoms with Crippen molar-refractivity contribution < 1.29 is 14.3 Å². The second-order valence-corrected chi connectivity index (χ2v) is 6.00. The second-order valence-electron chi connectivity index (χ2n) is 6.00. The quantitative estimate of drug-likeness (QED) is 0.631. The van der Waals surface area contributed by atoms with Gasteiger partial charge in [0.05, 0.1) is 18.6 Å². The number of methoxy groups -OCH3 is 1. The molecular weight excluding hydrogens is 290 g/mol. The molecule has 2 aromatic rings. The average molecular weight is 307 g/mol. The Bertz CT molecular complexity index is 813. The minimum atomic E-state index is -0.847. The molecule has 0 amide bonds. The molecule has 0 N–H and O–H groups in total. The summed E-state index contributed by atoms with van der Waals surface area (Å²) in [5.41, 5.74) is 0.0386. The number of ether oxygens (including phenoxy) is 1. The summed E-state index contributed by atoms with van der Waals surface area (Å²) in [6.45, 7) is 0. The van der Waals surface area contributed by atoms with E-state index >= 15 is 0 Å². The lowest BCUT2D eigenvalue weighted by Gasteiger charge is -2.34. The summed E-state index contributed by atoms with van der Waals surface area (Å²) in [4.78, 5) is 23.9. The van der Waals surface area contributed by atoms with Gasteiger partial charge >= 0.3 is 5.97 Å². The van der Waals surface area contributed by atoms with Crippen LogP contribution >= 0.6 is 0 Å². The molecule has 0 bridgehead atoms. The highest BCUT2D eigenvalue weighted by Gasteiger charge is 2.45. The van der Waals surface area contributed by atoms with E-state index in [4.69, 9.17) is 4.74 Å². The van der Waals surface area contributed by atoms with Crippen LogP contribution in [0.3, 0.4) is 0 Å². The molecule has 2 atom stereocenters. The zero-order chi connectivity index (χ0) is 16.4. The maximum absolute atomic E-state index is 12.0. The summed E-state index contributed by atoms with van der Waals surface area (Å²) in [6, 6.07) is 16.2. The Morgan fingerprint density at radius 3 is 2.70 bits per heavy atom. The Labute approximate surface area is 134 Å². The van der Waals surface area contributed by atoms with Gasteiger partial charge in [-0.1, -0.05) is 36.4 Å². The number of carbonyl (C=O) groups is 2. The van der Waals surface area contributed by atoms with Crippen LogP contribution in [-0.2, 0) is 19.7 Å². The number of Topliss-reactive ketones (excluding diaryl/α,β-unsaturated/α-hetero) is 1. The van der Waals surface area contributed by atoms with Gasteiger partial charge in [0.15, 0.2) is 0 Å². The van der Waals surface area contributed by atoms with Gasteiger partial charge in [-0.15, -0.1) is 0 Å². The normalized spacial score (nSPS) is 24.2. The monoisotopic (exact) mass is 307 g/mol. The van der Waals surface area contributed by atoms with E-state index in [1.165, 1.54) is 7.11 Å². The first-order valence-electron chi connectivity index (χ1n) is 7.61. The van der Waals surface area contributed by atoms with Crippen LogP contribution in [0.4, 0.5) is 0 Å². The SMILES string of the molecule is COC(=O)C1CC(C#N)(c2ccc3ccccc3c2)CCC1=O. The number of rotatable bonds is 2. The molecule has 1 saturated carbocycles. The van der Waals surface area contributed by atoms with E-state index in [0.29, 0.717) is 6.42 Å². The van der Waals surface area contributed by atoms with Gasteiger partial charge < -0.3 is 4.74 Å². The standard InChI is InChI=1S/C19H17NO3/c1-23-18(22)16-11-19(12-20,9-8-17(16)21)15-7-6-13-4-2-3-5-14(13)10-15/h2-7,10,16H,8-9,11H2,1H3. The molecule has 1 fully saturated rings. The Morgan fingerprint density at radius 2 is 2.00 bits per heavy atom. The third kappa shape index (κ3) is 2.59. The van der Waals surface area contributed by atoms with E-state index in [0.717, 1.165) is 16.3 Å². The summed E-state index contributed by atoms with van der Waals surface area (Å²) in [6.07, 6.45) is 0.849. The molecule has 4 heteroatoms. The first-order valence-corrected chi connectivity index (χ1v) is 7.61. The van der Waals surface area contributed by atoms with E-state index < -0.39 is 17.3 Å². The average Bonchev–Trinajstić information content (AvgIpc) is 2.61. The highest BCUT2D eigenvalue weighted by molar-refractivity contribution is 6.00. The fraction of sp³-hybridized carbons (Fsp3) is 0.316. The zero-order valence-electron chi connectivity index (χ0n) is 12.9. The Kier molecular flexibility index (Phi) is 3.87. The van der Waals surface area contributed by atoms with Gasteiger partial charge in [0, 0.05) is 6.42 Å². The first-order chi connectivity index (χ1) is 11.1. The molecule has 4 nitrogen and oxygen atoms in total. The topological polar surface area (TPSA) is 67.2 Å². The van der Waals surface area contributed by atoms with Gasteiger partial charge in [0.25, 0.3) is 0 Å². The molecule has 0 heterocycles. The van der Waals surface area contributed by atoms with E-state index in [1.807, 2.05) is 42.5 Å². The zero-order valence-corrected chi connectivity index (χ0v) is 12.9. The number of benzene rings is 2. The summed E-state index contributed by atoms with van der Waals surface area (Å²) in [5.74, 6) is -1.53. The summed E-state index contributed by atoms with van der Waals surface area (Å²) < 4.78 is 4.73. The molecule has 23 heavy (non-hydrogen) atoms. The maximum atomic E-state index is 12.0. The molecule has 0 aliphatic heterocycles. The van der Waals surface area contributed by atoms with Crippen molar-refractivity contribution in [2.24, 2.45) is 5.92 Å². The minimum Gasteiger partial charge on any atom is -0.468 e. The van der Waals surface area contributed by atoms with Crippen LogP contribution in [0.2, 0.25) is 0 Å². The van der Waals surface area contributed by atoms with Crippen molar-refractivity contribution in [3.63, 3.8) is 0 Å². The lowest BCUT2D eigenvalue weighted by atomic mass is 9.66. The molecule has 0 spiro atoms. The number of carbonyl (C=O) groups excluding carboxylic acids is 2. The third-order valence-corrected chi connectivity index (χ3v) is 4.74. The van der Waals surface area contributed by atoms with Gasteiger partial charge in [0.2, 0.25) is 0 Å². The highest BCUT2D eigenvalue weighted by atomic mass is 16.5. The lowest BCUT2D eigenvalue weighted by molar-refractivity contribution is -0.151. The summed E-state index contributed by atoms with van der Waals surface area (Å²) >= 11 is 0. The largest absolute Gasteiger partial charge is 0.468 e. The maximum Gasteiger partial charge on any atom is 0.316 e. The van der Waals surface area contributed by atoms with Gasteiger partial charge in [-0.2, -0.15) is 5.26 Å². The smallest absolute Gasteiger partial charge is 0.316 e. The van der Waals surface area contributed by atoms with Crippen LogP contribution in [0, 0.1) is 17.2 Å². The van der Waals surface area contributed by atoms with Gasteiger partial charge in [0.1, 0.15) is 11.7 Å². The second kappa shape index (κ2) is 5.85. The van der Waals surface area contributed by atoms with Crippen LogP contribution in [0.1, 0.15) is 24.8 Å². The van der Waals surface area contributed by atoms with Crippen LogP contribution < -0.4 is 0 Å². The van der Waals surface area contributed by atoms with E-state index in [-0.39, 0.29) is 18.6 Å². The first kappa shape index (κ1) is 15.2. The number of ketones is 1. The van der Waals surface area contributed by atoms with Gasteiger partial charge in [-0.25, -0.2) is 0 Å². The highest BCUT2D eigenvalue weighted by Crippen LogP contribution is 2.41. The number of hydrogen-bond donors (Lipinski definition) is 0. The van der Waals surface area contributed by atoms with Crippen molar-refractivity contribution in [1.82, 2.24) is 0 Å². The Hall–Kier alpha value is -2.67. The molecule has 1 aliphatic rings. The lowest BCUT2D eigenvalue weighted by Crippen LogP contribution is -2.40.